The van der Waals surface area contributed by atoms with Crippen LogP contribution in [0.3, 0.4) is 0 Å². The van der Waals surface area contributed by atoms with Crippen LogP contribution in [0, 0.1) is 0 Å². The van der Waals surface area contributed by atoms with E-state index in [0.717, 1.165) is 19.1 Å². The maximum atomic E-state index is 5.72. The molecule has 1 aliphatic rings. The quantitative estimate of drug-likeness (QED) is 0.644. The molecule has 0 bridgehead atoms. The number of hydrogen-bond donors (Lipinski definition) is 1. The van der Waals surface area contributed by atoms with Crippen molar-refractivity contribution in [3.8, 4) is 0 Å². The van der Waals surface area contributed by atoms with Crippen molar-refractivity contribution in [3.63, 3.8) is 0 Å². The fraction of sp³-hybridized carbons (Fsp3) is 1.00. The van der Waals surface area contributed by atoms with Gasteiger partial charge in [0, 0.05) is 19.1 Å². The van der Waals surface area contributed by atoms with E-state index >= 15 is 0 Å². The van der Waals surface area contributed by atoms with Crippen LogP contribution in [0.4, 0.5) is 0 Å². The monoisotopic (exact) mass is 226 g/mol. The van der Waals surface area contributed by atoms with E-state index in [9.17, 15) is 0 Å². The van der Waals surface area contributed by atoms with E-state index in [0.29, 0.717) is 0 Å². The first-order valence-corrected chi connectivity index (χ1v) is 7.32. The largest absolute Gasteiger partial charge is 0.329 e. The highest BCUT2D eigenvalue weighted by molar-refractivity contribution is 4.76. The first kappa shape index (κ1) is 14.0. The zero-order valence-corrected chi connectivity index (χ0v) is 11.1. The standard InChI is InChI=1S/C14H30N2/c1-2-3-4-8-12-16(13-11-15)14-9-6-5-7-10-14/h14H,2-13,15H2,1H3. The highest BCUT2D eigenvalue weighted by Gasteiger charge is 2.19. The van der Waals surface area contributed by atoms with Crippen LogP contribution in [-0.2, 0) is 0 Å². The van der Waals surface area contributed by atoms with Gasteiger partial charge in [-0.3, -0.25) is 4.90 Å². The van der Waals surface area contributed by atoms with Crippen LogP contribution in [0.2, 0.25) is 0 Å². The third-order valence-electron chi connectivity index (χ3n) is 3.81. The molecule has 1 rings (SSSR count). The predicted molar refractivity (Wildman–Crippen MR) is 71.6 cm³/mol. The van der Waals surface area contributed by atoms with Crippen LogP contribution in [0.5, 0.6) is 0 Å². The Morgan fingerprint density at radius 2 is 1.75 bits per heavy atom. The Labute approximate surface area is 102 Å². The summed E-state index contributed by atoms with van der Waals surface area (Å²) in [4.78, 5) is 2.66. The summed E-state index contributed by atoms with van der Waals surface area (Å²) in [6.45, 7) is 5.49. The Balaban J connectivity index is 2.22. The number of hydrogen-bond acceptors (Lipinski definition) is 2. The Morgan fingerprint density at radius 3 is 2.38 bits per heavy atom. The van der Waals surface area contributed by atoms with Crippen molar-refractivity contribution in [2.45, 2.75) is 70.8 Å². The molecule has 0 aromatic rings. The normalized spacial score (nSPS) is 18.2. The highest BCUT2D eigenvalue weighted by atomic mass is 15.2. The molecule has 96 valence electrons. The lowest BCUT2D eigenvalue weighted by Crippen LogP contribution is -2.40. The van der Waals surface area contributed by atoms with Gasteiger partial charge in [-0.15, -0.1) is 0 Å². The Morgan fingerprint density at radius 1 is 1.00 bits per heavy atom. The summed E-state index contributed by atoms with van der Waals surface area (Å²) in [5.74, 6) is 0. The molecule has 0 amide bonds. The van der Waals surface area contributed by atoms with Crippen molar-refractivity contribution in [2.24, 2.45) is 5.73 Å². The predicted octanol–water partition coefficient (Wildman–Crippen LogP) is 3.16. The lowest BCUT2D eigenvalue weighted by atomic mass is 9.94. The van der Waals surface area contributed by atoms with Gasteiger partial charge in [-0.05, 0) is 25.8 Å². The highest BCUT2D eigenvalue weighted by Crippen LogP contribution is 2.22. The molecule has 0 spiro atoms. The summed E-state index contributed by atoms with van der Waals surface area (Å²) in [5.41, 5.74) is 5.72. The summed E-state index contributed by atoms with van der Waals surface area (Å²) in [6.07, 6.45) is 12.6. The van der Waals surface area contributed by atoms with Crippen LogP contribution < -0.4 is 5.73 Å². The fourth-order valence-corrected chi connectivity index (χ4v) is 2.83. The third kappa shape index (κ3) is 5.31. The van der Waals surface area contributed by atoms with E-state index in [1.165, 1.54) is 64.3 Å². The van der Waals surface area contributed by atoms with Crippen LogP contribution in [-0.4, -0.2) is 30.6 Å². The lowest BCUT2D eigenvalue weighted by Gasteiger charge is -2.34. The molecular weight excluding hydrogens is 196 g/mol. The molecule has 1 aliphatic carbocycles. The fourth-order valence-electron chi connectivity index (χ4n) is 2.83. The molecule has 16 heavy (non-hydrogen) atoms. The van der Waals surface area contributed by atoms with Gasteiger partial charge >= 0.3 is 0 Å². The number of rotatable bonds is 8. The van der Waals surface area contributed by atoms with Crippen LogP contribution >= 0.6 is 0 Å². The minimum Gasteiger partial charge on any atom is -0.329 e. The molecule has 1 saturated carbocycles. The second-order valence-electron chi connectivity index (χ2n) is 5.18. The summed E-state index contributed by atoms with van der Waals surface area (Å²) in [7, 11) is 0. The topological polar surface area (TPSA) is 29.3 Å². The van der Waals surface area contributed by atoms with Gasteiger partial charge in [-0.25, -0.2) is 0 Å². The lowest BCUT2D eigenvalue weighted by molar-refractivity contribution is 0.157. The number of nitrogens with zero attached hydrogens (tertiary/aromatic N) is 1. The van der Waals surface area contributed by atoms with Crippen molar-refractivity contribution in [1.29, 1.82) is 0 Å². The summed E-state index contributed by atoms with van der Waals surface area (Å²) in [5, 5.41) is 0. The molecule has 0 unspecified atom stereocenters. The molecule has 0 heterocycles. The molecule has 0 aromatic heterocycles. The molecular formula is C14H30N2. The Kier molecular flexibility index (Phi) is 7.87. The Bertz CT molecular complexity index is 153. The van der Waals surface area contributed by atoms with Crippen molar-refractivity contribution in [2.75, 3.05) is 19.6 Å². The van der Waals surface area contributed by atoms with E-state index in [1.807, 2.05) is 0 Å². The number of unbranched alkanes of at least 4 members (excludes halogenated alkanes) is 3. The summed E-state index contributed by atoms with van der Waals surface area (Å²) < 4.78 is 0. The first-order valence-electron chi connectivity index (χ1n) is 7.32. The minimum absolute atomic E-state index is 0.824. The van der Waals surface area contributed by atoms with Gasteiger partial charge in [-0.2, -0.15) is 0 Å². The van der Waals surface area contributed by atoms with E-state index in [2.05, 4.69) is 11.8 Å². The second kappa shape index (κ2) is 9.00. The smallest absolute Gasteiger partial charge is 0.0108 e. The van der Waals surface area contributed by atoms with Crippen molar-refractivity contribution in [3.05, 3.63) is 0 Å². The van der Waals surface area contributed by atoms with Gasteiger partial charge in [0.25, 0.3) is 0 Å². The van der Waals surface area contributed by atoms with Crippen LogP contribution in [0.1, 0.15) is 64.7 Å². The van der Waals surface area contributed by atoms with Crippen molar-refractivity contribution >= 4 is 0 Å². The average Bonchev–Trinajstić information content (AvgIpc) is 2.34. The minimum atomic E-state index is 0.824. The SMILES string of the molecule is CCCCCCN(CCN)C1CCCCC1. The number of nitrogens with two attached hydrogens (primary N) is 1. The van der Waals surface area contributed by atoms with Crippen molar-refractivity contribution < 1.29 is 0 Å². The molecule has 0 aromatic carbocycles. The average molecular weight is 226 g/mol. The molecule has 0 radical (unpaired) electrons. The van der Waals surface area contributed by atoms with Crippen LogP contribution in [0.15, 0.2) is 0 Å². The molecule has 0 atom stereocenters. The maximum Gasteiger partial charge on any atom is 0.0108 e. The van der Waals surface area contributed by atoms with E-state index in [-0.39, 0.29) is 0 Å². The van der Waals surface area contributed by atoms with E-state index in [4.69, 9.17) is 5.73 Å². The molecule has 2 nitrogen and oxygen atoms in total. The van der Waals surface area contributed by atoms with Crippen LogP contribution in [0.25, 0.3) is 0 Å². The molecule has 0 aliphatic heterocycles. The van der Waals surface area contributed by atoms with Gasteiger partial charge in [0.05, 0.1) is 0 Å². The molecule has 0 saturated heterocycles. The van der Waals surface area contributed by atoms with Crippen molar-refractivity contribution in [1.82, 2.24) is 4.90 Å². The molecule has 1 fully saturated rings. The van der Waals surface area contributed by atoms with E-state index < -0.39 is 0 Å². The van der Waals surface area contributed by atoms with E-state index in [1.54, 1.807) is 0 Å². The molecule has 2 heteroatoms. The van der Waals surface area contributed by atoms with Gasteiger partial charge in [0.1, 0.15) is 0 Å². The van der Waals surface area contributed by atoms with Gasteiger partial charge in [0.15, 0.2) is 0 Å². The maximum absolute atomic E-state index is 5.72. The third-order valence-corrected chi connectivity index (χ3v) is 3.81. The van der Waals surface area contributed by atoms with Gasteiger partial charge in [0.2, 0.25) is 0 Å². The zero-order chi connectivity index (χ0) is 11.6. The van der Waals surface area contributed by atoms with Gasteiger partial charge < -0.3 is 5.73 Å². The first-order chi connectivity index (χ1) is 7.88. The molecule has 2 N–H and O–H groups in total. The van der Waals surface area contributed by atoms with Gasteiger partial charge in [-0.1, -0.05) is 45.4 Å². The Hall–Kier alpha value is -0.0800. The zero-order valence-electron chi connectivity index (χ0n) is 11.1. The summed E-state index contributed by atoms with van der Waals surface area (Å²) >= 11 is 0. The second-order valence-corrected chi connectivity index (χ2v) is 5.18. The summed E-state index contributed by atoms with van der Waals surface area (Å²) in [6, 6.07) is 0.846.